The average molecular weight is 432 g/mol. The summed E-state index contributed by atoms with van der Waals surface area (Å²) in [6, 6.07) is 36.4. The molecule has 1 heterocycles. The number of hydrogen-bond acceptors (Lipinski definition) is 0. The van der Waals surface area contributed by atoms with Crippen molar-refractivity contribution in [2.45, 2.75) is 12.3 Å². The monoisotopic (exact) mass is 431 g/mol. The molecule has 4 aromatic carbocycles. The molecule has 0 spiro atoms. The second-order valence-electron chi connectivity index (χ2n) is 8.35. The summed E-state index contributed by atoms with van der Waals surface area (Å²) in [5.74, 6) is 0.361. The van der Waals surface area contributed by atoms with Crippen molar-refractivity contribution in [3.8, 4) is 16.8 Å². The maximum atomic E-state index is 6.41. The Morgan fingerprint density at radius 3 is 2.28 bits per heavy atom. The fraction of sp³-hybridized carbons (Fsp3) is 0.0667. The summed E-state index contributed by atoms with van der Waals surface area (Å²) >= 11 is 6.41. The van der Waals surface area contributed by atoms with Crippen LogP contribution in [-0.4, -0.2) is 4.57 Å². The Morgan fingerprint density at radius 1 is 0.719 bits per heavy atom. The maximum Gasteiger partial charge on any atom is 0.0538 e. The third kappa shape index (κ3) is 3.26. The van der Waals surface area contributed by atoms with E-state index in [1.54, 1.807) is 0 Å². The van der Waals surface area contributed by atoms with Crippen LogP contribution < -0.4 is 0 Å². The number of halogens is 1. The van der Waals surface area contributed by atoms with Crippen LogP contribution in [0.1, 0.15) is 22.7 Å². The van der Waals surface area contributed by atoms with Crippen molar-refractivity contribution in [3.05, 3.63) is 131 Å². The van der Waals surface area contributed by atoms with Gasteiger partial charge < -0.3 is 4.57 Å². The molecule has 0 fully saturated rings. The molecule has 32 heavy (non-hydrogen) atoms. The van der Waals surface area contributed by atoms with Gasteiger partial charge in [0.15, 0.2) is 0 Å². The molecule has 1 aliphatic rings. The van der Waals surface area contributed by atoms with Crippen LogP contribution in [0.5, 0.6) is 0 Å². The van der Waals surface area contributed by atoms with Crippen molar-refractivity contribution < 1.29 is 0 Å². The lowest BCUT2D eigenvalue weighted by Gasteiger charge is -2.21. The zero-order valence-corrected chi connectivity index (χ0v) is 18.3. The van der Waals surface area contributed by atoms with E-state index in [1.807, 2.05) is 6.07 Å². The highest BCUT2D eigenvalue weighted by atomic mass is 35.5. The first-order valence-electron chi connectivity index (χ1n) is 11.0. The molecular weight excluding hydrogens is 410 g/mol. The Kier molecular flexibility index (Phi) is 4.70. The Bertz CT molecular complexity index is 1450. The first-order valence-corrected chi connectivity index (χ1v) is 11.4. The van der Waals surface area contributed by atoms with Crippen molar-refractivity contribution in [3.63, 3.8) is 0 Å². The Balaban J connectivity index is 1.55. The van der Waals surface area contributed by atoms with Crippen molar-refractivity contribution in [1.29, 1.82) is 0 Å². The van der Waals surface area contributed by atoms with Crippen LogP contribution in [-0.2, 0) is 6.42 Å². The summed E-state index contributed by atoms with van der Waals surface area (Å²) < 4.78 is 2.42. The fourth-order valence-corrected chi connectivity index (χ4v) is 5.07. The van der Waals surface area contributed by atoms with Crippen LogP contribution in [0.3, 0.4) is 0 Å². The molecule has 1 nitrogen and oxygen atoms in total. The van der Waals surface area contributed by atoms with Gasteiger partial charge in [-0.1, -0.05) is 96.5 Å². The normalized spacial score (nSPS) is 15.1. The zero-order chi connectivity index (χ0) is 21.5. The van der Waals surface area contributed by atoms with Gasteiger partial charge in [0.25, 0.3) is 0 Å². The molecule has 0 radical (unpaired) electrons. The lowest BCUT2D eigenvalue weighted by Crippen LogP contribution is -2.10. The molecule has 1 aromatic heterocycles. The van der Waals surface area contributed by atoms with E-state index in [0.29, 0.717) is 5.92 Å². The number of rotatable bonds is 3. The highest BCUT2D eigenvalue weighted by Crippen LogP contribution is 2.39. The van der Waals surface area contributed by atoms with Crippen molar-refractivity contribution >= 4 is 28.6 Å². The number of aromatic nitrogens is 1. The highest BCUT2D eigenvalue weighted by Gasteiger charge is 2.24. The van der Waals surface area contributed by atoms with Gasteiger partial charge in [-0.3, -0.25) is 0 Å². The molecule has 154 valence electrons. The third-order valence-corrected chi connectivity index (χ3v) is 6.65. The van der Waals surface area contributed by atoms with E-state index in [0.717, 1.165) is 11.4 Å². The topological polar surface area (TPSA) is 4.93 Å². The first-order chi connectivity index (χ1) is 15.8. The summed E-state index contributed by atoms with van der Waals surface area (Å²) in [5, 5.41) is 1.98. The quantitative estimate of drug-likeness (QED) is 0.270. The van der Waals surface area contributed by atoms with Crippen molar-refractivity contribution in [2.24, 2.45) is 0 Å². The summed E-state index contributed by atoms with van der Waals surface area (Å²) in [6.07, 6.45) is 5.58. The van der Waals surface area contributed by atoms with Crippen LogP contribution in [0.25, 0.3) is 33.8 Å². The molecule has 0 amide bonds. The molecule has 1 atom stereocenters. The minimum absolute atomic E-state index is 0.361. The van der Waals surface area contributed by atoms with E-state index in [2.05, 4.69) is 114 Å². The molecule has 6 rings (SSSR count). The summed E-state index contributed by atoms with van der Waals surface area (Å²) in [6.45, 7) is 0. The second kappa shape index (κ2) is 7.85. The third-order valence-electron chi connectivity index (χ3n) is 6.42. The van der Waals surface area contributed by atoms with Gasteiger partial charge in [0.05, 0.1) is 5.52 Å². The van der Waals surface area contributed by atoms with E-state index in [1.165, 1.54) is 44.5 Å². The van der Waals surface area contributed by atoms with E-state index in [4.69, 9.17) is 11.6 Å². The number of fused-ring (bicyclic) bond motifs is 3. The van der Waals surface area contributed by atoms with Gasteiger partial charge in [-0.25, -0.2) is 0 Å². The van der Waals surface area contributed by atoms with E-state index < -0.39 is 0 Å². The zero-order valence-electron chi connectivity index (χ0n) is 17.6. The molecule has 1 aliphatic carbocycles. The van der Waals surface area contributed by atoms with Crippen LogP contribution >= 0.6 is 11.6 Å². The minimum atomic E-state index is 0.361. The van der Waals surface area contributed by atoms with Gasteiger partial charge in [-0.2, -0.15) is 0 Å². The minimum Gasteiger partial charge on any atom is -0.313 e. The van der Waals surface area contributed by atoms with E-state index in [9.17, 15) is 0 Å². The van der Waals surface area contributed by atoms with Crippen molar-refractivity contribution in [1.82, 2.24) is 4.57 Å². The largest absolute Gasteiger partial charge is 0.313 e. The highest BCUT2D eigenvalue weighted by molar-refractivity contribution is 6.31. The summed E-state index contributed by atoms with van der Waals surface area (Å²) in [4.78, 5) is 0. The molecule has 1 unspecified atom stereocenters. The predicted molar refractivity (Wildman–Crippen MR) is 136 cm³/mol. The standard InChI is InChI=1S/C30H22ClN/c31-25-15-17-29-28(20-25)27-16-14-24(22-10-5-2-6-11-22)19-30(27)32(29)26-13-7-12-23(18-26)21-8-3-1-4-9-21/h1-18,20,24H,19H2. The Morgan fingerprint density at radius 2 is 1.47 bits per heavy atom. The van der Waals surface area contributed by atoms with Gasteiger partial charge in [0, 0.05) is 33.3 Å². The Hall–Kier alpha value is -3.55. The molecule has 5 aromatic rings. The lowest BCUT2D eigenvalue weighted by molar-refractivity contribution is 0.783. The predicted octanol–water partition coefficient (Wildman–Crippen LogP) is 8.30. The lowest BCUT2D eigenvalue weighted by atomic mass is 9.88. The van der Waals surface area contributed by atoms with Gasteiger partial charge >= 0.3 is 0 Å². The fourth-order valence-electron chi connectivity index (χ4n) is 4.90. The van der Waals surface area contributed by atoms with Gasteiger partial charge in [-0.05, 0) is 53.4 Å². The molecule has 2 heteroatoms. The summed E-state index contributed by atoms with van der Waals surface area (Å²) in [7, 11) is 0. The molecule has 0 saturated carbocycles. The van der Waals surface area contributed by atoms with Crippen LogP contribution in [0, 0.1) is 0 Å². The molecule has 0 bridgehead atoms. The number of allylic oxidation sites excluding steroid dienone is 1. The number of hydrogen-bond donors (Lipinski definition) is 0. The van der Waals surface area contributed by atoms with Gasteiger partial charge in [0.2, 0.25) is 0 Å². The van der Waals surface area contributed by atoms with Crippen molar-refractivity contribution in [2.75, 3.05) is 0 Å². The summed E-state index contributed by atoms with van der Waals surface area (Å²) in [5.41, 5.74) is 8.79. The van der Waals surface area contributed by atoms with Crippen LogP contribution in [0.4, 0.5) is 0 Å². The van der Waals surface area contributed by atoms with E-state index in [-0.39, 0.29) is 0 Å². The number of benzene rings is 4. The SMILES string of the molecule is Clc1ccc2c(c1)c1c(n2-c2cccc(-c3ccccc3)c2)CC(c2ccccc2)C=C1. The number of nitrogens with zero attached hydrogens (tertiary/aromatic N) is 1. The molecule has 0 N–H and O–H groups in total. The molecular formula is C30H22ClN. The maximum absolute atomic E-state index is 6.41. The van der Waals surface area contributed by atoms with Gasteiger partial charge in [0.1, 0.15) is 0 Å². The smallest absolute Gasteiger partial charge is 0.0538 e. The Labute approximate surface area is 193 Å². The average Bonchev–Trinajstić information content (AvgIpc) is 3.18. The molecule has 0 aliphatic heterocycles. The second-order valence-corrected chi connectivity index (χ2v) is 8.79. The van der Waals surface area contributed by atoms with Crippen LogP contribution in [0.2, 0.25) is 5.02 Å². The first kappa shape index (κ1) is 19.2. The van der Waals surface area contributed by atoms with Gasteiger partial charge in [-0.15, -0.1) is 0 Å². The molecule has 0 saturated heterocycles. The van der Waals surface area contributed by atoms with Crippen LogP contribution in [0.15, 0.2) is 109 Å². The van der Waals surface area contributed by atoms with E-state index >= 15 is 0 Å².